The number of nitrogens with one attached hydrogen (secondary N) is 2. The molecule has 2 aromatic rings. The molecular weight excluding hydrogens is 481 g/mol. The first kappa shape index (κ1) is 24.8. The summed E-state index contributed by atoms with van der Waals surface area (Å²) < 4.78 is 37.7. The molecular formula is C22H20Cl2F2N2O5. The highest BCUT2D eigenvalue weighted by atomic mass is 35.5. The van der Waals surface area contributed by atoms with Crippen LogP contribution in [0.15, 0.2) is 42.6 Å². The number of amides is 2. The number of benzene rings is 2. The second-order valence-corrected chi connectivity index (χ2v) is 8.03. The van der Waals surface area contributed by atoms with Crippen LogP contribution in [0.4, 0.5) is 8.78 Å². The van der Waals surface area contributed by atoms with E-state index in [4.69, 9.17) is 32.7 Å². The zero-order valence-electron chi connectivity index (χ0n) is 17.2. The van der Waals surface area contributed by atoms with E-state index in [-0.39, 0.29) is 53.1 Å². The third kappa shape index (κ3) is 6.56. The Bertz CT molecular complexity index is 1080. The van der Waals surface area contributed by atoms with Gasteiger partial charge in [-0.1, -0.05) is 29.8 Å². The number of hydrogen-bond donors (Lipinski definition) is 3. The zero-order valence-corrected chi connectivity index (χ0v) is 18.7. The molecule has 0 fully saturated rings. The van der Waals surface area contributed by atoms with E-state index in [2.05, 4.69) is 17.2 Å². The maximum atomic E-state index is 13.6. The molecule has 2 amide bonds. The maximum Gasteiger partial charge on any atom is 0.265 e. The van der Waals surface area contributed by atoms with Crippen molar-refractivity contribution in [2.24, 2.45) is 0 Å². The van der Waals surface area contributed by atoms with Crippen LogP contribution in [-0.4, -0.2) is 36.2 Å². The van der Waals surface area contributed by atoms with Crippen molar-refractivity contribution in [1.29, 1.82) is 0 Å². The number of carbonyl (C=O) groups excluding carboxylic acids is 2. The summed E-state index contributed by atoms with van der Waals surface area (Å²) in [6, 6.07) is 6.10. The summed E-state index contributed by atoms with van der Waals surface area (Å²) in [7, 11) is 0. The minimum Gasteiger partial charge on any atom is -0.484 e. The number of aliphatic hydroxyl groups excluding tert-OH is 1. The lowest BCUT2D eigenvalue weighted by Crippen LogP contribution is -2.41. The molecule has 176 valence electrons. The van der Waals surface area contributed by atoms with Crippen LogP contribution in [0.25, 0.3) is 0 Å². The molecule has 0 spiro atoms. The van der Waals surface area contributed by atoms with Crippen LogP contribution in [0.3, 0.4) is 0 Å². The van der Waals surface area contributed by atoms with E-state index in [9.17, 15) is 23.5 Å². The second kappa shape index (κ2) is 10.8. The van der Waals surface area contributed by atoms with Crippen LogP contribution in [-0.2, 0) is 9.59 Å². The normalized spacial score (nSPS) is 16.9. The molecule has 11 heteroatoms. The molecule has 0 radical (unpaired) electrons. The Morgan fingerprint density at radius 1 is 1.18 bits per heavy atom. The van der Waals surface area contributed by atoms with E-state index in [1.54, 1.807) is 0 Å². The largest absolute Gasteiger partial charge is 0.484 e. The highest BCUT2D eigenvalue weighted by molar-refractivity contribution is 6.31. The molecule has 33 heavy (non-hydrogen) atoms. The van der Waals surface area contributed by atoms with Gasteiger partial charge >= 0.3 is 0 Å². The van der Waals surface area contributed by atoms with Crippen molar-refractivity contribution in [3.05, 3.63) is 69.9 Å². The van der Waals surface area contributed by atoms with Crippen LogP contribution in [0, 0.1) is 11.6 Å². The van der Waals surface area contributed by atoms with Gasteiger partial charge in [0.05, 0.1) is 16.1 Å². The molecule has 2 aromatic carbocycles. The van der Waals surface area contributed by atoms with Gasteiger partial charge in [0.2, 0.25) is 0 Å². The van der Waals surface area contributed by atoms with Gasteiger partial charge in [-0.25, -0.2) is 8.78 Å². The molecule has 2 unspecified atom stereocenters. The van der Waals surface area contributed by atoms with E-state index in [1.165, 1.54) is 18.2 Å². The predicted octanol–water partition coefficient (Wildman–Crippen LogP) is 3.67. The van der Waals surface area contributed by atoms with E-state index < -0.39 is 35.7 Å². The standard InChI is InChI=1S/C22H20Cl2F2N2O5/c1-11(4-5-27-21(30)10-32-12-2-3-14(23)16(25)6-12)28-22(31)20-9-18(29)13-7-17(26)15(24)8-19(13)33-20/h2-3,6-8,18,20,29H,1,4-5,9-10H2,(H,27,30)(H,28,31). The van der Waals surface area contributed by atoms with Crippen molar-refractivity contribution >= 4 is 35.0 Å². The first-order chi connectivity index (χ1) is 15.6. The second-order valence-electron chi connectivity index (χ2n) is 7.22. The van der Waals surface area contributed by atoms with E-state index in [0.29, 0.717) is 5.70 Å². The minimum absolute atomic E-state index is 0.0533. The summed E-state index contributed by atoms with van der Waals surface area (Å²) >= 11 is 11.3. The SMILES string of the molecule is C=C(CCNC(=O)COc1ccc(Cl)c(F)c1)NC(=O)C1CC(O)c2cc(F)c(Cl)cc2O1. The van der Waals surface area contributed by atoms with Crippen molar-refractivity contribution in [1.82, 2.24) is 10.6 Å². The molecule has 2 atom stereocenters. The molecule has 0 aromatic heterocycles. The van der Waals surface area contributed by atoms with Gasteiger partial charge in [-0.3, -0.25) is 9.59 Å². The molecule has 0 bridgehead atoms. The maximum absolute atomic E-state index is 13.6. The monoisotopic (exact) mass is 500 g/mol. The Kier molecular flexibility index (Phi) is 8.12. The fourth-order valence-corrected chi connectivity index (χ4v) is 3.31. The molecule has 3 rings (SSSR count). The Hall–Kier alpha value is -2.88. The number of fused-ring (bicyclic) bond motifs is 1. The van der Waals surface area contributed by atoms with Crippen LogP contribution in [0.2, 0.25) is 10.0 Å². The topological polar surface area (TPSA) is 96.9 Å². The summed E-state index contributed by atoms with van der Waals surface area (Å²) in [6.45, 7) is 3.55. The minimum atomic E-state index is -1.10. The average Bonchev–Trinajstić information content (AvgIpc) is 2.75. The number of carbonyl (C=O) groups is 2. The molecule has 1 aliphatic heterocycles. The smallest absolute Gasteiger partial charge is 0.265 e. The predicted molar refractivity (Wildman–Crippen MR) is 117 cm³/mol. The fraction of sp³-hybridized carbons (Fsp3) is 0.273. The van der Waals surface area contributed by atoms with Gasteiger partial charge in [0.1, 0.15) is 23.1 Å². The highest BCUT2D eigenvalue weighted by Crippen LogP contribution is 2.37. The van der Waals surface area contributed by atoms with E-state index in [1.807, 2.05) is 0 Å². The van der Waals surface area contributed by atoms with E-state index >= 15 is 0 Å². The summed E-state index contributed by atoms with van der Waals surface area (Å²) in [6.07, 6.45) is -1.99. The van der Waals surface area contributed by atoms with Gasteiger partial charge in [0.25, 0.3) is 11.8 Å². The van der Waals surface area contributed by atoms with Crippen LogP contribution in [0.5, 0.6) is 11.5 Å². The summed E-state index contributed by atoms with van der Waals surface area (Å²) in [5, 5.41) is 15.1. The van der Waals surface area contributed by atoms with E-state index in [0.717, 1.165) is 12.1 Å². The Labute approximate surface area is 198 Å². The van der Waals surface area contributed by atoms with Crippen molar-refractivity contribution in [3.8, 4) is 11.5 Å². The van der Waals surface area contributed by atoms with Crippen LogP contribution >= 0.6 is 23.2 Å². The number of rotatable bonds is 8. The van der Waals surface area contributed by atoms with Gasteiger partial charge in [0.15, 0.2) is 12.7 Å². The molecule has 0 aliphatic carbocycles. The van der Waals surface area contributed by atoms with Gasteiger partial charge in [0, 0.05) is 42.8 Å². The van der Waals surface area contributed by atoms with Gasteiger partial charge in [-0.15, -0.1) is 0 Å². The summed E-state index contributed by atoms with van der Waals surface area (Å²) in [5.41, 5.74) is 0.521. The van der Waals surface area contributed by atoms with Gasteiger partial charge in [-0.2, -0.15) is 0 Å². The van der Waals surface area contributed by atoms with Crippen molar-refractivity contribution in [2.75, 3.05) is 13.2 Å². The lowest BCUT2D eigenvalue weighted by Gasteiger charge is -2.29. The number of halogens is 4. The number of hydrogen-bond acceptors (Lipinski definition) is 5. The Balaban J connectivity index is 1.41. The highest BCUT2D eigenvalue weighted by Gasteiger charge is 2.32. The molecule has 7 nitrogen and oxygen atoms in total. The lowest BCUT2D eigenvalue weighted by atomic mass is 9.98. The Morgan fingerprint density at radius 3 is 2.64 bits per heavy atom. The van der Waals surface area contributed by atoms with Gasteiger partial charge < -0.3 is 25.2 Å². The average molecular weight is 501 g/mol. The lowest BCUT2D eigenvalue weighted by molar-refractivity contribution is -0.129. The Morgan fingerprint density at radius 2 is 1.91 bits per heavy atom. The van der Waals surface area contributed by atoms with Gasteiger partial charge in [-0.05, 0) is 18.2 Å². The van der Waals surface area contributed by atoms with Crippen LogP contribution < -0.4 is 20.1 Å². The quantitative estimate of drug-likeness (QED) is 0.513. The van der Waals surface area contributed by atoms with Crippen LogP contribution in [0.1, 0.15) is 24.5 Å². The fourth-order valence-electron chi connectivity index (χ4n) is 3.03. The molecule has 0 saturated heterocycles. The first-order valence-electron chi connectivity index (χ1n) is 9.81. The number of aliphatic hydroxyl groups is 1. The van der Waals surface area contributed by atoms with Crippen molar-refractivity contribution in [3.63, 3.8) is 0 Å². The number of ether oxygens (including phenoxy) is 2. The van der Waals surface area contributed by atoms with Crippen molar-refractivity contribution < 1.29 is 33.0 Å². The third-order valence-electron chi connectivity index (χ3n) is 4.72. The van der Waals surface area contributed by atoms with Crippen molar-refractivity contribution in [2.45, 2.75) is 25.0 Å². The summed E-state index contributed by atoms with van der Waals surface area (Å²) in [5.74, 6) is -2.08. The molecule has 1 aliphatic rings. The molecule has 1 heterocycles. The molecule has 3 N–H and O–H groups in total. The third-order valence-corrected chi connectivity index (χ3v) is 5.32. The first-order valence-corrected chi connectivity index (χ1v) is 10.6. The summed E-state index contributed by atoms with van der Waals surface area (Å²) in [4.78, 5) is 24.3. The zero-order chi connectivity index (χ0) is 24.1. The molecule has 0 saturated carbocycles.